The van der Waals surface area contributed by atoms with Gasteiger partial charge in [0.2, 0.25) is 0 Å². The van der Waals surface area contributed by atoms with Crippen LogP contribution in [-0.4, -0.2) is 9.78 Å². The van der Waals surface area contributed by atoms with Crippen LogP contribution in [0.2, 0.25) is 0 Å². The maximum Gasteiger partial charge on any atom is 0.0738 e. The average molecular weight is 221 g/mol. The number of thiol groups is 1. The summed E-state index contributed by atoms with van der Waals surface area (Å²) in [7, 11) is 1.92. The van der Waals surface area contributed by atoms with E-state index in [9.17, 15) is 0 Å². The number of nitrogens with zero attached hydrogens (tertiary/aromatic N) is 2. The molecule has 1 rings (SSSR count). The van der Waals surface area contributed by atoms with Crippen molar-refractivity contribution in [3.63, 3.8) is 0 Å². The Labute approximate surface area is 74.2 Å². The SMILES string of the molecule is Cc1nn(C)c(CS)c1Br. The molecule has 2 nitrogen and oxygen atoms in total. The van der Waals surface area contributed by atoms with Crippen LogP contribution in [-0.2, 0) is 12.8 Å². The van der Waals surface area contributed by atoms with Crippen LogP contribution in [0.4, 0.5) is 0 Å². The number of halogens is 1. The highest BCUT2D eigenvalue weighted by molar-refractivity contribution is 9.10. The van der Waals surface area contributed by atoms with Crippen LogP contribution in [0.3, 0.4) is 0 Å². The maximum absolute atomic E-state index is 4.20. The van der Waals surface area contributed by atoms with Gasteiger partial charge < -0.3 is 0 Å². The summed E-state index contributed by atoms with van der Waals surface area (Å²) in [6.45, 7) is 1.97. The third-order valence-corrected chi connectivity index (χ3v) is 2.74. The first-order chi connectivity index (χ1) is 4.66. The van der Waals surface area contributed by atoms with Gasteiger partial charge in [0.15, 0.2) is 0 Å². The summed E-state index contributed by atoms with van der Waals surface area (Å²) in [5.41, 5.74) is 2.15. The van der Waals surface area contributed by atoms with E-state index < -0.39 is 0 Å². The standard InChI is InChI=1S/C6H9BrN2S/c1-4-6(7)5(3-10)9(2)8-4/h10H,3H2,1-2H3. The van der Waals surface area contributed by atoms with Crippen LogP contribution in [0.25, 0.3) is 0 Å². The molecule has 1 aromatic heterocycles. The summed E-state index contributed by atoms with van der Waals surface area (Å²) in [5, 5.41) is 4.20. The van der Waals surface area contributed by atoms with Gasteiger partial charge in [-0.3, -0.25) is 4.68 Å². The quantitative estimate of drug-likeness (QED) is 0.717. The summed E-state index contributed by atoms with van der Waals surface area (Å²) in [4.78, 5) is 0. The molecule has 0 aliphatic rings. The molecule has 0 aromatic carbocycles. The predicted octanol–water partition coefficient (Wildman–Crippen LogP) is 1.92. The van der Waals surface area contributed by atoms with Crippen molar-refractivity contribution in [2.75, 3.05) is 0 Å². The fourth-order valence-electron chi connectivity index (χ4n) is 0.852. The Hall–Kier alpha value is 0.0400. The normalized spacial score (nSPS) is 10.4. The van der Waals surface area contributed by atoms with Gasteiger partial charge in [-0.1, -0.05) is 0 Å². The smallest absolute Gasteiger partial charge is 0.0738 e. The molecular weight excluding hydrogens is 212 g/mol. The fourth-order valence-corrected chi connectivity index (χ4v) is 1.91. The molecule has 0 fully saturated rings. The predicted molar refractivity (Wildman–Crippen MR) is 48.3 cm³/mol. The van der Waals surface area contributed by atoms with E-state index in [0.717, 1.165) is 21.6 Å². The van der Waals surface area contributed by atoms with E-state index in [4.69, 9.17) is 0 Å². The molecule has 0 unspecified atom stereocenters. The highest BCUT2D eigenvalue weighted by Gasteiger charge is 2.07. The molecule has 0 aliphatic heterocycles. The van der Waals surface area contributed by atoms with Gasteiger partial charge in [-0.15, -0.1) is 0 Å². The molecule has 4 heteroatoms. The minimum atomic E-state index is 0.720. The van der Waals surface area contributed by atoms with Crippen molar-refractivity contribution in [3.05, 3.63) is 15.9 Å². The van der Waals surface area contributed by atoms with Crippen molar-refractivity contribution < 1.29 is 0 Å². The van der Waals surface area contributed by atoms with E-state index in [1.54, 1.807) is 0 Å². The van der Waals surface area contributed by atoms with E-state index in [0.29, 0.717) is 0 Å². The monoisotopic (exact) mass is 220 g/mol. The number of hydrogen-bond donors (Lipinski definition) is 1. The van der Waals surface area contributed by atoms with E-state index in [-0.39, 0.29) is 0 Å². The summed E-state index contributed by atoms with van der Waals surface area (Å²) in [5.74, 6) is 0.720. The molecular formula is C6H9BrN2S. The van der Waals surface area contributed by atoms with Crippen molar-refractivity contribution in [2.45, 2.75) is 12.7 Å². The number of aromatic nitrogens is 2. The molecule has 0 N–H and O–H groups in total. The molecule has 0 atom stereocenters. The van der Waals surface area contributed by atoms with E-state index in [2.05, 4.69) is 33.7 Å². The minimum Gasteiger partial charge on any atom is -0.270 e. The molecule has 0 amide bonds. The first-order valence-electron chi connectivity index (χ1n) is 2.95. The van der Waals surface area contributed by atoms with Gasteiger partial charge in [-0.25, -0.2) is 0 Å². The van der Waals surface area contributed by atoms with Crippen molar-refractivity contribution >= 4 is 28.6 Å². The lowest BCUT2D eigenvalue weighted by Gasteiger charge is -1.94. The Morgan fingerprint density at radius 2 is 2.30 bits per heavy atom. The highest BCUT2D eigenvalue weighted by Crippen LogP contribution is 2.20. The fraction of sp³-hybridized carbons (Fsp3) is 0.500. The molecule has 56 valence electrons. The Bertz CT molecular complexity index is 244. The molecule has 0 aliphatic carbocycles. The van der Waals surface area contributed by atoms with E-state index in [1.165, 1.54) is 0 Å². The highest BCUT2D eigenvalue weighted by atomic mass is 79.9. The van der Waals surface area contributed by atoms with Crippen molar-refractivity contribution in [1.82, 2.24) is 9.78 Å². The lowest BCUT2D eigenvalue weighted by molar-refractivity contribution is 0.727. The van der Waals surface area contributed by atoms with E-state index >= 15 is 0 Å². The van der Waals surface area contributed by atoms with Gasteiger partial charge in [0.25, 0.3) is 0 Å². The summed E-state index contributed by atoms with van der Waals surface area (Å²) in [6, 6.07) is 0. The van der Waals surface area contributed by atoms with Gasteiger partial charge in [0.1, 0.15) is 0 Å². The zero-order chi connectivity index (χ0) is 7.72. The second kappa shape index (κ2) is 2.96. The number of aryl methyl sites for hydroxylation is 2. The minimum absolute atomic E-state index is 0.720. The third-order valence-electron chi connectivity index (χ3n) is 1.41. The van der Waals surface area contributed by atoms with Crippen LogP contribution in [0.1, 0.15) is 11.4 Å². The zero-order valence-electron chi connectivity index (χ0n) is 5.93. The van der Waals surface area contributed by atoms with Crippen LogP contribution in [0.15, 0.2) is 4.47 Å². The van der Waals surface area contributed by atoms with E-state index in [1.807, 2.05) is 18.7 Å². The Balaban J connectivity index is 3.20. The third kappa shape index (κ3) is 1.22. The molecule has 10 heavy (non-hydrogen) atoms. The Morgan fingerprint density at radius 3 is 2.50 bits per heavy atom. The maximum atomic E-state index is 4.20. The molecule has 1 aromatic rings. The summed E-state index contributed by atoms with van der Waals surface area (Å²) in [6.07, 6.45) is 0. The lowest BCUT2D eigenvalue weighted by atomic mass is 10.4. The average Bonchev–Trinajstić information content (AvgIpc) is 2.09. The van der Waals surface area contributed by atoms with Gasteiger partial charge in [-0.2, -0.15) is 17.7 Å². The van der Waals surface area contributed by atoms with Gasteiger partial charge in [0.05, 0.1) is 15.9 Å². The summed E-state index contributed by atoms with van der Waals surface area (Å²) < 4.78 is 2.91. The van der Waals surface area contributed by atoms with Gasteiger partial charge >= 0.3 is 0 Å². The molecule has 0 spiro atoms. The van der Waals surface area contributed by atoms with Crippen LogP contribution in [0.5, 0.6) is 0 Å². The molecule has 0 saturated carbocycles. The largest absolute Gasteiger partial charge is 0.270 e. The Kier molecular flexibility index (Phi) is 2.41. The van der Waals surface area contributed by atoms with Gasteiger partial charge in [-0.05, 0) is 22.9 Å². The molecule has 0 bridgehead atoms. The van der Waals surface area contributed by atoms with Crippen LogP contribution >= 0.6 is 28.6 Å². The Morgan fingerprint density at radius 1 is 1.70 bits per heavy atom. The molecule has 0 saturated heterocycles. The van der Waals surface area contributed by atoms with Crippen molar-refractivity contribution in [1.29, 1.82) is 0 Å². The second-order valence-corrected chi connectivity index (χ2v) is 3.24. The number of hydrogen-bond acceptors (Lipinski definition) is 2. The lowest BCUT2D eigenvalue weighted by Crippen LogP contribution is -1.95. The van der Waals surface area contributed by atoms with Crippen LogP contribution in [0, 0.1) is 6.92 Å². The topological polar surface area (TPSA) is 17.8 Å². The molecule has 0 radical (unpaired) electrons. The second-order valence-electron chi connectivity index (χ2n) is 2.13. The number of rotatable bonds is 1. The molecule has 1 heterocycles. The van der Waals surface area contributed by atoms with Crippen LogP contribution < -0.4 is 0 Å². The van der Waals surface area contributed by atoms with Gasteiger partial charge in [0, 0.05) is 12.8 Å². The van der Waals surface area contributed by atoms with Crippen molar-refractivity contribution in [2.24, 2.45) is 7.05 Å². The summed E-state index contributed by atoms with van der Waals surface area (Å²) >= 11 is 7.60. The first-order valence-corrected chi connectivity index (χ1v) is 4.38. The zero-order valence-corrected chi connectivity index (χ0v) is 8.41. The van der Waals surface area contributed by atoms with Crippen molar-refractivity contribution in [3.8, 4) is 0 Å². The first kappa shape index (κ1) is 8.14.